The molecule has 1 N–H and O–H groups in total. The normalized spacial score (nSPS) is 15.3. The van der Waals surface area contributed by atoms with Gasteiger partial charge in [-0.2, -0.15) is 4.98 Å². The van der Waals surface area contributed by atoms with Crippen molar-refractivity contribution in [3.8, 4) is 0 Å². The lowest BCUT2D eigenvalue weighted by molar-refractivity contribution is 0.0512. The van der Waals surface area contributed by atoms with Crippen LogP contribution in [0.3, 0.4) is 0 Å². The minimum absolute atomic E-state index is 0.0436. The molecule has 0 aliphatic carbocycles. The molecule has 0 bridgehead atoms. The van der Waals surface area contributed by atoms with E-state index >= 15 is 0 Å². The summed E-state index contributed by atoms with van der Waals surface area (Å²) in [5.41, 5.74) is 1.93. The molecule has 2 aromatic heterocycles. The number of hydrogen-bond acceptors (Lipinski definition) is 8. The van der Waals surface area contributed by atoms with Crippen molar-refractivity contribution < 1.29 is 18.4 Å². The molecule has 3 heterocycles. The van der Waals surface area contributed by atoms with Crippen molar-refractivity contribution in [2.45, 2.75) is 33.2 Å². The third-order valence-corrected chi connectivity index (χ3v) is 5.53. The topological polar surface area (TPSA) is 93.4 Å². The van der Waals surface area contributed by atoms with Gasteiger partial charge in [0.2, 0.25) is 5.82 Å². The number of halogens is 1. The van der Waals surface area contributed by atoms with E-state index in [4.69, 9.17) is 9.26 Å². The van der Waals surface area contributed by atoms with E-state index in [-0.39, 0.29) is 24.0 Å². The average Bonchev–Trinajstić information content (AvgIpc) is 3.14. The first-order valence-corrected chi connectivity index (χ1v) is 10.5. The van der Waals surface area contributed by atoms with Gasteiger partial charge in [0.05, 0.1) is 12.3 Å². The van der Waals surface area contributed by atoms with Gasteiger partial charge in [0.1, 0.15) is 17.0 Å². The molecule has 8 nitrogen and oxygen atoms in total. The second-order valence-electron chi connectivity index (χ2n) is 7.79. The number of fused-ring (bicyclic) bond motifs is 1. The van der Waals surface area contributed by atoms with Gasteiger partial charge in [-0.05, 0) is 63.4 Å². The summed E-state index contributed by atoms with van der Waals surface area (Å²) in [5.74, 6) is 0.165. The summed E-state index contributed by atoms with van der Waals surface area (Å²) in [4.78, 5) is 22.9. The van der Waals surface area contributed by atoms with Gasteiger partial charge in [0.15, 0.2) is 0 Å². The Morgan fingerprint density at radius 1 is 1.32 bits per heavy atom. The number of aromatic nitrogens is 3. The SMILES string of the molecule is CCOC(=O)c1nc(NCC2CCN(Cc3cccc(F)c3)CC2)c2c(C)noc2n1. The summed E-state index contributed by atoms with van der Waals surface area (Å²) >= 11 is 0. The number of aryl methyl sites for hydroxylation is 1. The van der Waals surface area contributed by atoms with Crippen molar-refractivity contribution in [2.75, 3.05) is 31.6 Å². The summed E-state index contributed by atoms with van der Waals surface area (Å²) in [5, 5.41) is 7.99. The molecule has 1 fully saturated rings. The van der Waals surface area contributed by atoms with Gasteiger partial charge in [-0.25, -0.2) is 14.2 Å². The van der Waals surface area contributed by atoms with Gasteiger partial charge in [0, 0.05) is 13.1 Å². The molecule has 0 atom stereocenters. The van der Waals surface area contributed by atoms with Crippen LogP contribution in [-0.2, 0) is 11.3 Å². The monoisotopic (exact) mass is 427 g/mol. The predicted molar refractivity (Wildman–Crippen MR) is 113 cm³/mol. The maximum absolute atomic E-state index is 13.4. The number of ether oxygens (including phenoxy) is 1. The molecule has 0 saturated carbocycles. The molecular formula is C22H26FN5O3. The van der Waals surface area contributed by atoms with Crippen molar-refractivity contribution in [1.29, 1.82) is 0 Å². The van der Waals surface area contributed by atoms with Gasteiger partial charge in [0.25, 0.3) is 5.71 Å². The fourth-order valence-corrected chi connectivity index (χ4v) is 3.89. The average molecular weight is 427 g/mol. The number of likely N-dealkylation sites (tertiary alicyclic amines) is 1. The first-order valence-electron chi connectivity index (χ1n) is 10.5. The highest BCUT2D eigenvalue weighted by Gasteiger charge is 2.22. The lowest BCUT2D eigenvalue weighted by Gasteiger charge is -2.32. The number of nitrogens with zero attached hydrogens (tertiary/aromatic N) is 4. The molecule has 4 rings (SSSR count). The van der Waals surface area contributed by atoms with Crippen LogP contribution in [0.1, 0.15) is 41.6 Å². The fraction of sp³-hybridized carbons (Fsp3) is 0.455. The third-order valence-electron chi connectivity index (χ3n) is 5.53. The van der Waals surface area contributed by atoms with Crippen LogP contribution in [0.5, 0.6) is 0 Å². The Hall–Kier alpha value is -3.07. The Bertz CT molecular complexity index is 1060. The summed E-state index contributed by atoms with van der Waals surface area (Å²) < 4.78 is 23.7. The second-order valence-corrected chi connectivity index (χ2v) is 7.79. The Kier molecular flexibility index (Phi) is 6.41. The molecular weight excluding hydrogens is 401 g/mol. The van der Waals surface area contributed by atoms with Crippen molar-refractivity contribution in [3.05, 3.63) is 47.2 Å². The van der Waals surface area contributed by atoms with Crippen LogP contribution in [0.15, 0.2) is 28.8 Å². The number of esters is 1. The Labute approximate surface area is 179 Å². The van der Waals surface area contributed by atoms with Crippen LogP contribution in [0, 0.1) is 18.7 Å². The van der Waals surface area contributed by atoms with Crippen LogP contribution in [-0.4, -0.2) is 52.2 Å². The molecule has 0 amide bonds. The molecule has 1 aromatic carbocycles. The van der Waals surface area contributed by atoms with Crippen LogP contribution in [0.2, 0.25) is 0 Å². The largest absolute Gasteiger partial charge is 0.460 e. The van der Waals surface area contributed by atoms with Crippen LogP contribution in [0.4, 0.5) is 10.2 Å². The minimum atomic E-state index is -0.591. The van der Waals surface area contributed by atoms with Crippen molar-refractivity contribution in [2.24, 2.45) is 5.92 Å². The van der Waals surface area contributed by atoms with E-state index in [1.54, 1.807) is 19.1 Å². The van der Waals surface area contributed by atoms with E-state index in [0.717, 1.165) is 38.0 Å². The molecule has 31 heavy (non-hydrogen) atoms. The second kappa shape index (κ2) is 9.38. The molecule has 1 saturated heterocycles. The van der Waals surface area contributed by atoms with Crippen molar-refractivity contribution >= 4 is 22.9 Å². The Morgan fingerprint density at radius 2 is 2.13 bits per heavy atom. The van der Waals surface area contributed by atoms with Gasteiger partial charge in [-0.3, -0.25) is 4.90 Å². The van der Waals surface area contributed by atoms with Gasteiger partial charge >= 0.3 is 5.97 Å². The summed E-state index contributed by atoms with van der Waals surface area (Å²) in [6, 6.07) is 6.77. The minimum Gasteiger partial charge on any atom is -0.460 e. The summed E-state index contributed by atoms with van der Waals surface area (Å²) in [6.45, 7) is 7.15. The maximum atomic E-state index is 13.4. The van der Waals surface area contributed by atoms with E-state index in [0.29, 0.717) is 29.4 Å². The van der Waals surface area contributed by atoms with Gasteiger partial charge in [-0.15, -0.1) is 0 Å². The smallest absolute Gasteiger partial charge is 0.376 e. The van der Waals surface area contributed by atoms with Gasteiger partial charge < -0.3 is 14.6 Å². The lowest BCUT2D eigenvalue weighted by Crippen LogP contribution is -2.35. The van der Waals surface area contributed by atoms with E-state index in [1.807, 2.05) is 13.0 Å². The molecule has 1 aliphatic rings. The number of carbonyl (C=O) groups is 1. The molecule has 3 aromatic rings. The summed E-state index contributed by atoms with van der Waals surface area (Å²) in [6.07, 6.45) is 2.04. The number of rotatable bonds is 7. The highest BCUT2D eigenvalue weighted by atomic mass is 19.1. The maximum Gasteiger partial charge on any atom is 0.376 e. The molecule has 0 spiro atoms. The number of anilines is 1. The zero-order valence-electron chi connectivity index (χ0n) is 17.7. The fourth-order valence-electron chi connectivity index (χ4n) is 3.89. The quantitative estimate of drug-likeness (QED) is 0.572. The van der Waals surface area contributed by atoms with E-state index in [2.05, 4.69) is 25.3 Å². The van der Waals surface area contributed by atoms with Crippen molar-refractivity contribution in [3.63, 3.8) is 0 Å². The third kappa shape index (κ3) is 4.99. The number of hydrogen-bond donors (Lipinski definition) is 1. The number of benzene rings is 1. The van der Waals surface area contributed by atoms with Crippen LogP contribution < -0.4 is 5.32 Å². The van der Waals surface area contributed by atoms with Crippen LogP contribution in [0.25, 0.3) is 11.1 Å². The first kappa shape index (κ1) is 21.2. The Balaban J connectivity index is 1.38. The predicted octanol–water partition coefficient (Wildman–Crippen LogP) is 3.57. The van der Waals surface area contributed by atoms with Crippen LogP contribution >= 0.6 is 0 Å². The number of carbonyl (C=O) groups excluding carboxylic acids is 1. The molecule has 0 radical (unpaired) electrons. The number of piperidine rings is 1. The first-order chi connectivity index (χ1) is 15.0. The van der Waals surface area contributed by atoms with Crippen molar-refractivity contribution in [1.82, 2.24) is 20.0 Å². The number of nitrogens with one attached hydrogen (secondary N) is 1. The molecule has 1 aliphatic heterocycles. The zero-order chi connectivity index (χ0) is 21.8. The van der Waals surface area contributed by atoms with E-state index in [1.165, 1.54) is 6.07 Å². The highest BCUT2D eigenvalue weighted by Crippen LogP contribution is 2.26. The molecule has 9 heteroatoms. The lowest BCUT2D eigenvalue weighted by atomic mass is 9.96. The van der Waals surface area contributed by atoms with E-state index < -0.39 is 5.97 Å². The highest BCUT2D eigenvalue weighted by molar-refractivity contribution is 5.93. The van der Waals surface area contributed by atoms with Gasteiger partial charge in [-0.1, -0.05) is 17.3 Å². The Morgan fingerprint density at radius 3 is 2.87 bits per heavy atom. The molecule has 0 unspecified atom stereocenters. The van der Waals surface area contributed by atoms with E-state index in [9.17, 15) is 9.18 Å². The molecule has 164 valence electrons. The summed E-state index contributed by atoms with van der Waals surface area (Å²) in [7, 11) is 0. The standard InChI is InChI=1S/C22H26FN5O3/c1-3-30-22(29)20-25-19(18-14(2)27-31-21(18)26-20)24-12-15-7-9-28(10-8-15)13-16-5-4-6-17(23)11-16/h4-6,11,15H,3,7-10,12-13H2,1-2H3,(H,24,25,26). The zero-order valence-corrected chi connectivity index (χ0v) is 17.7.